The predicted molar refractivity (Wildman–Crippen MR) is 95.5 cm³/mol. The normalized spacial score (nSPS) is 11.7. The first-order valence-electron chi connectivity index (χ1n) is 9.20. The van der Waals surface area contributed by atoms with Crippen molar-refractivity contribution in [3.05, 3.63) is 36.9 Å². The van der Waals surface area contributed by atoms with Gasteiger partial charge in [-0.15, -0.1) is 0 Å². The Morgan fingerprint density at radius 3 is 1.91 bits per heavy atom. The smallest absolute Gasteiger partial charge is 0.430 e. The lowest BCUT2D eigenvalue weighted by atomic mass is 10.2. The van der Waals surface area contributed by atoms with E-state index in [2.05, 4.69) is 25.5 Å². The molecule has 0 saturated heterocycles. The Labute approximate surface area is 193 Å². The molecule has 0 amide bonds. The second-order valence-corrected chi connectivity index (χ2v) is 6.18. The van der Waals surface area contributed by atoms with Crippen LogP contribution < -0.4 is 20.6 Å². The minimum Gasteiger partial charge on any atom is -0.542 e. The summed E-state index contributed by atoms with van der Waals surface area (Å²) >= 11 is 0. The molecule has 0 aliphatic carbocycles. The highest BCUT2D eigenvalue weighted by Gasteiger charge is 2.29. The number of carbonyl (C=O) groups is 3. The zero-order valence-electron chi connectivity index (χ0n) is 17.9. The Balaban J connectivity index is 0.000000680. The maximum atomic E-state index is 11.2. The molecule has 11 nitrogen and oxygen atoms in total. The molecule has 0 aliphatic rings. The van der Waals surface area contributed by atoms with Gasteiger partial charge in [-0.1, -0.05) is 4.68 Å². The van der Waals surface area contributed by atoms with Crippen LogP contribution in [0.2, 0.25) is 0 Å². The number of esters is 1. The van der Waals surface area contributed by atoms with E-state index in [1.165, 1.54) is 7.11 Å². The fraction of sp³-hybridized carbons (Fsp3) is 0.389. The van der Waals surface area contributed by atoms with Crippen LogP contribution >= 0.6 is 0 Å². The number of halogens is 6. The third kappa shape index (κ3) is 13.4. The van der Waals surface area contributed by atoms with E-state index < -0.39 is 24.3 Å². The van der Waals surface area contributed by atoms with Crippen molar-refractivity contribution in [3.8, 4) is 11.4 Å². The van der Waals surface area contributed by atoms with E-state index in [4.69, 9.17) is 19.8 Å². The average molecular weight is 515 g/mol. The van der Waals surface area contributed by atoms with Crippen LogP contribution in [0.4, 0.5) is 26.3 Å². The van der Waals surface area contributed by atoms with Crippen LogP contribution in [-0.2, 0) is 25.7 Å². The average Bonchev–Trinajstić information content (AvgIpc) is 2.79. The van der Waals surface area contributed by atoms with E-state index in [1.807, 2.05) is 16.9 Å². The molecule has 2 aromatic heterocycles. The van der Waals surface area contributed by atoms with Crippen molar-refractivity contribution >= 4 is 17.9 Å². The molecule has 17 heteroatoms. The lowest BCUT2D eigenvalue weighted by Gasteiger charge is -2.03. The minimum atomic E-state index is -5.19. The van der Waals surface area contributed by atoms with Crippen LogP contribution in [0.1, 0.15) is 12.8 Å². The summed E-state index contributed by atoms with van der Waals surface area (Å²) in [6, 6.07) is 3.37. The molecule has 0 saturated carbocycles. The zero-order valence-corrected chi connectivity index (χ0v) is 17.9. The van der Waals surface area contributed by atoms with Crippen LogP contribution in [0.25, 0.3) is 11.4 Å². The number of rotatable bonds is 6. The first kappa shape index (κ1) is 31.1. The minimum absolute atomic E-state index is 0.274. The molecule has 194 valence electrons. The van der Waals surface area contributed by atoms with E-state index in [1.54, 1.807) is 24.7 Å². The van der Waals surface area contributed by atoms with Crippen molar-refractivity contribution < 1.29 is 66.1 Å². The number of quaternary nitrogens is 1. The van der Waals surface area contributed by atoms with E-state index in [-0.39, 0.29) is 12.0 Å². The number of ether oxygens (including phenoxy) is 1. The van der Waals surface area contributed by atoms with Gasteiger partial charge in [-0.25, -0.2) is 14.8 Å². The molecular weight excluding hydrogens is 496 g/mol. The number of carboxylic acid groups (broad SMARTS) is 2. The molecular formula is C18H19F6N5O6. The lowest BCUT2D eigenvalue weighted by Crippen LogP contribution is -2.65. The van der Waals surface area contributed by atoms with Gasteiger partial charge in [-0.2, -0.15) is 26.3 Å². The SMILES string of the molecule is COC(=O)[C@@H]([NH3+])CCC[n+]1ccc(-c2ncccn2)cn1.O=C([O-])C(F)(F)F.O=C([O-])C(F)(F)F. The molecule has 0 spiro atoms. The Morgan fingerprint density at radius 1 is 1.06 bits per heavy atom. The van der Waals surface area contributed by atoms with Crippen molar-refractivity contribution in [3.63, 3.8) is 0 Å². The molecule has 0 fully saturated rings. The van der Waals surface area contributed by atoms with E-state index in [9.17, 15) is 31.1 Å². The van der Waals surface area contributed by atoms with Gasteiger partial charge in [0.15, 0.2) is 24.6 Å². The van der Waals surface area contributed by atoms with Crippen molar-refractivity contribution in [2.75, 3.05) is 7.11 Å². The van der Waals surface area contributed by atoms with Gasteiger partial charge >= 0.3 is 18.3 Å². The predicted octanol–water partition coefficient (Wildman–Crippen LogP) is -2.01. The molecule has 3 N–H and O–H groups in total. The van der Waals surface area contributed by atoms with Crippen molar-refractivity contribution in [2.45, 2.75) is 37.8 Å². The number of hydrogen-bond acceptors (Lipinski definition) is 9. The molecule has 0 aromatic carbocycles. The van der Waals surface area contributed by atoms with Crippen molar-refractivity contribution in [1.29, 1.82) is 0 Å². The highest BCUT2D eigenvalue weighted by molar-refractivity contribution is 5.73. The maximum Gasteiger partial charge on any atom is 0.430 e. The first-order chi connectivity index (χ1) is 16.1. The summed E-state index contributed by atoms with van der Waals surface area (Å²) in [6.45, 7) is 0.721. The fourth-order valence-corrected chi connectivity index (χ4v) is 1.88. The Hall–Kier alpha value is -3.89. The largest absolute Gasteiger partial charge is 0.542 e. The second-order valence-electron chi connectivity index (χ2n) is 6.18. The lowest BCUT2D eigenvalue weighted by molar-refractivity contribution is -0.754. The Morgan fingerprint density at radius 2 is 1.54 bits per heavy atom. The molecule has 0 radical (unpaired) electrons. The molecule has 35 heavy (non-hydrogen) atoms. The topological polar surface area (TPSA) is 177 Å². The number of carboxylic acids is 2. The molecule has 2 rings (SSSR count). The molecule has 0 bridgehead atoms. The third-order valence-electron chi connectivity index (χ3n) is 3.53. The number of hydrogen-bond donors (Lipinski definition) is 1. The summed E-state index contributed by atoms with van der Waals surface area (Å²) in [5, 5.41) is 21.9. The summed E-state index contributed by atoms with van der Waals surface area (Å²) in [5.41, 5.74) is 4.64. The molecule has 2 aromatic rings. The van der Waals surface area contributed by atoms with Crippen LogP contribution in [-0.4, -0.2) is 58.5 Å². The highest BCUT2D eigenvalue weighted by atomic mass is 19.4. The van der Waals surface area contributed by atoms with E-state index >= 15 is 0 Å². The van der Waals surface area contributed by atoms with Gasteiger partial charge in [0, 0.05) is 36.9 Å². The van der Waals surface area contributed by atoms with Gasteiger partial charge in [0.25, 0.3) is 0 Å². The summed E-state index contributed by atoms with van der Waals surface area (Å²) in [6.07, 6.45) is -1.90. The summed E-state index contributed by atoms with van der Waals surface area (Å²) in [7, 11) is 1.38. The van der Waals surface area contributed by atoms with Crippen LogP contribution in [0.5, 0.6) is 0 Å². The highest BCUT2D eigenvalue weighted by Crippen LogP contribution is 2.12. The number of methoxy groups -OCH3 is 1. The molecule has 1 atom stereocenters. The van der Waals surface area contributed by atoms with Crippen LogP contribution in [0.15, 0.2) is 36.9 Å². The van der Waals surface area contributed by atoms with Gasteiger partial charge in [-0.05, 0) is 11.2 Å². The first-order valence-corrected chi connectivity index (χ1v) is 9.20. The third-order valence-corrected chi connectivity index (χ3v) is 3.53. The van der Waals surface area contributed by atoms with Gasteiger partial charge in [0.1, 0.15) is 18.1 Å². The molecule has 2 heterocycles. The van der Waals surface area contributed by atoms with E-state index in [0.29, 0.717) is 12.2 Å². The summed E-state index contributed by atoms with van der Waals surface area (Å²) < 4.78 is 69.6. The van der Waals surface area contributed by atoms with Crippen molar-refractivity contribution in [1.82, 2.24) is 15.1 Å². The Bertz CT molecular complexity index is 918. The van der Waals surface area contributed by atoms with Gasteiger partial charge in [0.2, 0.25) is 0 Å². The van der Waals surface area contributed by atoms with Gasteiger partial charge in [0.05, 0.1) is 7.11 Å². The molecule has 0 aliphatic heterocycles. The second kappa shape index (κ2) is 14.4. The van der Waals surface area contributed by atoms with Crippen LogP contribution in [0, 0.1) is 0 Å². The van der Waals surface area contributed by atoms with Crippen molar-refractivity contribution in [2.24, 2.45) is 0 Å². The quantitative estimate of drug-likeness (QED) is 0.259. The Kier molecular flexibility index (Phi) is 12.8. The van der Waals surface area contributed by atoms with Gasteiger partial charge in [-0.3, -0.25) is 0 Å². The number of alkyl halides is 6. The fourth-order valence-electron chi connectivity index (χ4n) is 1.88. The maximum absolute atomic E-state index is 11.2. The molecule has 0 unspecified atom stereocenters. The number of aliphatic carboxylic acids is 2. The monoisotopic (exact) mass is 515 g/mol. The summed E-state index contributed by atoms with van der Waals surface area (Å²) in [4.78, 5) is 37.1. The van der Waals surface area contributed by atoms with E-state index in [0.717, 1.165) is 18.5 Å². The number of aryl methyl sites for hydroxylation is 1. The number of carbonyl (C=O) groups excluding carboxylic acids is 3. The number of aromatic nitrogens is 4. The number of nitrogens with zero attached hydrogens (tertiary/aromatic N) is 4. The summed E-state index contributed by atoms with van der Waals surface area (Å²) in [5.74, 6) is -5.63. The van der Waals surface area contributed by atoms with Crippen LogP contribution in [0.3, 0.4) is 0 Å². The van der Waals surface area contributed by atoms with Gasteiger partial charge < -0.3 is 30.3 Å². The zero-order chi connectivity index (χ0) is 27.2. The standard InChI is InChI=1S/C14H18N5O2.2C2HF3O2/c1-21-14(20)12(15)4-2-8-19-9-5-11(10-18-19)13-16-6-3-7-17-13;2*3-2(4,5)1(6)7/h3,5-7,9-10,12H,2,4,8,15H2,1H3;2*(H,6,7)/q+1;;/p-1/t12-;;/m0../s1.